The molecule has 3 aromatic rings. The fourth-order valence-electron chi connectivity index (χ4n) is 3.05. The van der Waals surface area contributed by atoms with Gasteiger partial charge in [0.05, 0.1) is 22.7 Å². The number of benzene rings is 3. The van der Waals surface area contributed by atoms with Gasteiger partial charge in [0, 0.05) is 12.1 Å². The van der Waals surface area contributed by atoms with E-state index in [4.69, 9.17) is 16.3 Å². The molecule has 0 atom stereocenters. The highest BCUT2D eigenvalue weighted by atomic mass is 35.5. The number of rotatable bonds is 9. The average molecular weight is 473 g/mol. The van der Waals surface area contributed by atoms with E-state index in [9.17, 15) is 13.2 Å². The molecule has 0 aliphatic rings. The summed E-state index contributed by atoms with van der Waals surface area (Å²) in [5.41, 5.74) is 2.69. The maximum atomic E-state index is 12.6. The molecule has 1 amide bonds. The molecule has 0 saturated carbocycles. The van der Waals surface area contributed by atoms with Gasteiger partial charge in [0.2, 0.25) is 0 Å². The van der Waals surface area contributed by atoms with Gasteiger partial charge in [-0.3, -0.25) is 9.52 Å². The summed E-state index contributed by atoms with van der Waals surface area (Å²) in [5, 5.41) is 3.00. The minimum Gasteiger partial charge on any atom is -0.497 e. The van der Waals surface area contributed by atoms with Crippen LogP contribution in [0.4, 0.5) is 5.69 Å². The van der Waals surface area contributed by atoms with Gasteiger partial charge in [-0.2, -0.15) is 0 Å². The number of aryl methyl sites for hydroxylation is 2. The molecule has 0 bridgehead atoms. The third kappa shape index (κ3) is 6.24. The summed E-state index contributed by atoms with van der Waals surface area (Å²) < 4.78 is 32.7. The van der Waals surface area contributed by atoms with E-state index in [2.05, 4.69) is 10.0 Å². The van der Waals surface area contributed by atoms with E-state index in [0.29, 0.717) is 12.1 Å². The van der Waals surface area contributed by atoms with E-state index < -0.39 is 10.0 Å². The Labute approximate surface area is 193 Å². The molecule has 0 aliphatic carbocycles. The quantitative estimate of drug-likeness (QED) is 0.437. The molecule has 3 rings (SSSR count). The number of halogens is 1. The zero-order valence-corrected chi connectivity index (χ0v) is 19.5. The number of anilines is 1. The third-order valence-corrected chi connectivity index (χ3v) is 6.59. The van der Waals surface area contributed by atoms with Gasteiger partial charge in [-0.25, -0.2) is 8.42 Å². The second-order valence-electron chi connectivity index (χ2n) is 7.32. The molecule has 0 spiro atoms. The SMILES string of the molecule is COc1ccc(CCCNC(=O)c2ccc(NS(=O)(=O)c3ccc(C)cc3)c(Cl)c2)cc1. The van der Waals surface area contributed by atoms with Crippen LogP contribution in [0.2, 0.25) is 5.02 Å². The monoisotopic (exact) mass is 472 g/mol. The number of methoxy groups -OCH3 is 1. The highest BCUT2D eigenvalue weighted by molar-refractivity contribution is 7.92. The molecule has 168 valence electrons. The Morgan fingerprint density at radius 3 is 2.31 bits per heavy atom. The smallest absolute Gasteiger partial charge is 0.261 e. The molecule has 6 nitrogen and oxygen atoms in total. The minimum absolute atomic E-state index is 0.137. The average Bonchev–Trinajstić information content (AvgIpc) is 2.78. The van der Waals surface area contributed by atoms with Crippen molar-refractivity contribution in [3.8, 4) is 5.75 Å². The molecule has 0 aromatic heterocycles. The summed E-state index contributed by atoms with van der Waals surface area (Å²) in [7, 11) is -2.15. The number of ether oxygens (including phenoxy) is 1. The van der Waals surface area contributed by atoms with Crippen molar-refractivity contribution < 1.29 is 17.9 Å². The highest BCUT2D eigenvalue weighted by Crippen LogP contribution is 2.26. The lowest BCUT2D eigenvalue weighted by atomic mass is 10.1. The first-order valence-electron chi connectivity index (χ1n) is 10.1. The van der Waals surface area contributed by atoms with Gasteiger partial charge in [-0.1, -0.05) is 41.4 Å². The van der Waals surface area contributed by atoms with Crippen LogP contribution in [0.25, 0.3) is 0 Å². The fourth-order valence-corrected chi connectivity index (χ4v) is 4.41. The van der Waals surface area contributed by atoms with Gasteiger partial charge in [0.1, 0.15) is 5.75 Å². The Bertz CT molecular complexity index is 1180. The van der Waals surface area contributed by atoms with Crippen LogP contribution in [0, 0.1) is 6.92 Å². The van der Waals surface area contributed by atoms with E-state index in [1.807, 2.05) is 31.2 Å². The number of carbonyl (C=O) groups is 1. The lowest BCUT2D eigenvalue weighted by Crippen LogP contribution is -2.24. The van der Waals surface area contributed by atoms with Crippen LogP contribution < -0.4 is 14.8 Å². The second-order valence-corrected chi connectivity index (χ2v) is 9.41. The zero-order valence-electron chi connectivity index (χ0n) is 17.9. The summed E-state index contributed by atoms with van der Waals surface area (Å²) in [6, 6.07) is 18.8. The second kappa shape index (κ2) is 10.5. The van der Waals surface area contributed by atoms with Crippen LogP contribution in [0.15, 0.2) is 71.6 Å². The Morgan fingerprint density at radius 2 is 1.69 bits per heavy atom. The van der Waals surface area contributed by atoms with Crippen LogP contribution in [0.5, 0.6) is 5.75 Å². The molecular weight excluding hydrogens is 448 g/mol. The Hall–Kier alpha value is -3.03. The van der Waals surface area contributed by atoms with Crippen molar-refractivity contribution in [3.63, 3.8) is 0 Å². The lowest BCUT2D eigenvalue weighted by Gasteiger charge is -2.11. The van der Waals surface area contributed by atoms with Gasteiger partial charge < -0.3 is 10.1 Å². The van der Waals surface area contributed by atoms with E-state index in [1.54, 1.807) is 19.2 Å². The van der Waals surface area contributed by atoms with Gasteiger partial charge >= 0.3 is 0 Å². The highest BCUT2D eigenvalue weighted by Gasteiger charge is 2.16. The predicted octanol–water partition coefficient (Wildman–Crippen LogP) is 4.82. The van der Waals surface area contributed by atoms with E-state index in [1.165, 1.54) is 30.3 Å². The van der Waals surface area contributed by atoms with E-state index >= 15 is 0 Å². The summed E-state index contributed by atoms with van der Waals surface area (Å²) in [6.07, 6.45) is 1.60. The van der Waals surface area contributed by atoms with Gasteiger partial charge in [-0.15, -0.1) is 0 Å². The van der Waals surface area contributed by atoms with Gasteiger partial charge in [0.25, 0.3) is 15.9 Å². The predicted molar refractivity (Wildman–Crippen MR) is 127 cm³/mol. The zero-order chi connectivity index (χ0) is 23.1. The Kier molecular flexibility index (Phi) is 7.77. The lowest BCUT2D eigenvalue weighted by molar-refractivity contribution is 0.0953. The van der Waals surface area contributed by atoms with Crippen molar-refractivity contribution in [2.45, 2.75) is 24.7 Å². The maximum Gasteiger partial charge on any atom is 0.261 e. The molecule has 0 aliphatic heterocycles. The summed E-state index contributed by atoms with van der Waals surface area (Å²) in [6.45, 7) is 2.38. The molecule has 0 saturated heterocycles. The molecule has 0 heterocycles. The van der Waals surface area contributed by atoms with Gasteiger partial charge in [-0.05, 0) is 67.8 Å². The number of hydrogen-bond acceptors (Lipinski definition) is 4. The van der Waals surface area contributed by atoms with Crippen LogP contribution in [0.1, 0.15) is 27.9 Å². The minimum atomic E-state index is -3.78. The summed E-state index contributed by atoms with van der Waals surface area (Å²) >= 11 is 6.24. The molecule has 2 N–H and O–H groups in total. The van der Waals surface area contributed by atoms with Crippen molar-refractivity contribution in [1.29, 1.82) is 0 Å². The molecule has 3 aromatic carbocycles. The van der Waals surface area contributed by atoms with Crippen molar-refractivity contribution in [2.24, 2.45) is 0 Å². The number of amides is 1. The third-order valence-electron chi connectivity index (χ3n) is 4.89. The van der Waals surface area contributed by atoms with Crippen LogP contribution in [-0.2, 0) is 16.4 Å². The van der Waals surface area contributed by atoms with E-state index in [0.717, 1.165) is 29.7 Å². The standard InChI is InChI=1S/C24H25ClN2O4S/c1-17-5-12-21(13-6-17)32(29,30)27-23-14-9-19(16-22(23)25)24(28)26-15-3-4-18-7-10-20(31-2)11-8-18/h5-14,16,27H,3-4,15H2,1-2H3,(H,26,28). The molecule has 32 heavy (non-hydrogen) atoms. The first-order chi connectivity index (χ1) is 15.3. The fraction of sp³-hybridized carbons (Fsp3) is 0.208. The molecular formula is C24H25ClN2O4S. The van der Waals surface area contributed by atoms with Crippen LogP contribution >= 0.6 is 11.6 Å². The Morgan fingerprint density at radius 1 is 1.00 bits per heavy atom. The van der Waals surface area contributed by atoms with Crippen molar-refractivity contribution >= 4 is 33.2 Å². The number of hydrogen-bond donors (Lipinski definition) is 2. The number of carbonyl (C=O) groups excluding carboxylic acids is 1. The summed E-state index contributed by atoms with van der Waals surface area (Å²) in [4.78, 5) is 12.6. The largest absolute Gasteiger partial charge is 0.497 e. The first-order valence-corrected chi connectivity index (χ1v) is 11.9. The first kappa shape index (κ1) is 23.6. The molecule has 0 unspecified atom stereocenters. The Balaban J connectivity index is 1.55. The van der Waals surface area contributed by atoms with Crippen LogP contribution in [-0.4, -0.2) is 28.0 Å². The molecule has 0 fully saturated rings. The number of nitrogens with one attached hydrogen (secondary N) is 2. The van der Waals surface area contributed by atoms with Crippen molar-refractivity contribution in [2.75, 3.05) is 18.4 Å². The van der Waals surface area contributed by atoms with Crippen molar-refractivity contribution in [1.82, 2.24) is 5.32 Å². The van der Waals surface area contributed by atoms with E-state index in [-0.39, 0.29) is 21.5 Å². The summed E-state index contributed by atoms with van der Waals surface area (Å²) in [5.74, 6) is 0.540. The normalized spacial score (nSPS) is 11.1. The topological polar surface area (TPSA) is 84.5 Å². The number of sulfonamides is 1. The van der Waals surface area contributed by atoms with Crippen molar-refractivity contribution in [3.05, 3.63) is 88.4 Å². The van der Waals surface area contributed by atoms with Crippen LogP contribution in [0.3, 0.4) is 0 Å². The molecule has 0 radical (unpaired) electrons. The van der Waals surface area contributed by atoms with Gasteiger partial charge in [0.15, 0.2) is 0 Å². The maximum absolute atomic E-state index is 12.6. The molecule has 8 heteroatoms.